The Labute approximate surface area is 158 Å². The molecule has 0 saturated heterocycles. The summed E-state index contributed by atoms with van der Waals surface area (Å²) >= 11 is 7.11. The van der Waals surface area contributed by atoms with Gasteiger partial charge in [0.2, 0.25) is 0 Å². The standard InChI is InChI=1S/C19H13ClFNO3S/c1-25-19(24)16-15(11-2-6-13(20)7-3-11)10-26-18(16)22-17(23)12-4-8-14(21)9-5-12/h2-10H,1H3,(H,22,23). The van der Waals surface area contributed by atoms with Crippen molar-refractivity contribution in [1.29, 1.82) is 0 Å². The lowest BCUT2D eigenvalue weighted by atomic mass is 10.0. The van der Waals surface area contributed by atoms with Gasteiger partial charge in [0.15, 0.2) is 0 Å². The van der Waals surface area contributed by atoms with Crippen LogP contribution in [0.25, 0.3) is 11.1 Å². The van der Waals surface area contributed by atoms with E-state index < -0.39 is 17.7 Å². The molecular weight excluding hydrogens is 377 g/mol. The first-order chi connectivity index (χ1) is 12.5. The van der Waals surface area contributed by atoms with Crippen molar-refractivity contribution in [1.82, 2.24) is 0 Å². The summed E-state index contributed by atoms with van der Waals surface area (Å²) in [5.41, 5.74) is 1.94. The number of anilines is 1. The van der Waals surface area contributed by atoms with Gasteiger partial charge < -0.3 is 10.1 Å². The van der Waals surface area contributed by atoms with Gasteiger partial charge in [0.05, 0.1) is 7.11 Å². The molecule has 3 rings (SSSR count). The number of esters is 1. The van der Waals surface area contributed by atoms with Crippen molar-refractivity contribution in [3.8, 4) is 11.1 Å². The molecule has 0 aliphatic heterocycles. The minimum absolute atomic E-state index is 0.260. The van der Waals surface area contributed by atoms with Crippen LogP contribution >= 0.6 is 22.9 Å². The second-order valence-electron chi connectivity index (χ2n) is 5.31. The Morgan fingerprint density at radius 3 is 2.35 bits per heavy atom. The van der Waals surface area contributed by atoms with Crippen LogP contribution in [0.1, 0.15) is 20.7 Å². The number of rotatable bonds is 4. The molecule has 0 radical (unpaired) electrons. The minimum Gasteiger partial charge on any atom is -0.465 e. The fraction of sp³-hybridized carbons (Fsp3) is 0.0526. The van der Waals surface area contributed by atoms with Crippen LogP contribution in [0.5, 0.6) is 0 Å². The molecule has 0 unspecified atom stereocenters. The Morgan fingerprint density at radius 1 is 1.08 bits per heavy atom. The summed E-state index contributed by atoms with van der Waals surface area (Å²) in [5.74, 6) is -1.44. The average Bonchev–Trinajstić information content (AvgIpc) is 3.05. The lowest BCUT2D eigenvalue weighted by Gasteiger charge is -2.08. The second-order valence-corrected chi connectivity index (χ2v) is 6.63. The van der Waals surface area contributed by atoms with Gasteiger partial charge in [-0.15, -0.1) is 11.3 Å². The SMILES string of the molecule is COC(=O)c1c(-c2ccc(Cl)cc2)csc1NC(=O)c1ccc(F)cc1. The van der Waals surface area contributed by atoms with Crippen molar-refractivity contribution in [2.45, 2.75) is 0 Å². The molecule has 132 valence electrons. The molecule has 2 aromatic carbocycles. The molecule has 3 aromatic rings. The van der Waals surface area contributed by atoms with Gasteiger partial charge in [-0.2, -0.15) is 0 Å². The van der Waals surface area contributed by atoms with Crippen LogP contribution in [0.15, 0.2) is 53.9 Å². The normalized spacial score (nSPS) is 10.4. The maximum absolute atomic E-state index is 13.0. The Kier molecular flexibility index (Phi) is 5.35. The first-order valence-corrected chi connectivity index (χ1v) is 8.78. The van der Waals surface area contributed by atoms with Crippen LogP contribution in [-0.2, 0) is 4.74 Å². The molecule has 4 nitrogen and oxygen atoms in total. The van der Waals surface area contributed by atoms with E-state index >= 15 is 0 Å². The van der Waals surface area contributed by atoms with Crippen LogP contribution in [0.3, 0.4) is 0 Å². The van der Waals surface area contributed by atoms with E-state index in [9.17, 15) is 14.0 Å². The van der Waals surface area contributed by atoms with Gasteiger partial charge in [0.25, 0.3) is 5.91 Å². The summed E-state index contributed by atoms with van der Waals surface area (Å²) in [6.07, 6.45) is 0. The number of carbonyl (C=O) groups excluding carboxylic acids is 2. The third-order valence-corrected chi connectivity index (χ3v) is 4.82. The van der Waals surface area contributed by atoms with Crippen LogP contribution in [-0.4, -0.2) is 19.0 Å². The van der Waals surface area contributed by atoms with E-state index in [2.05, 4.69) is 5.32 Å². The van der Waals surface area contributed by atoms with Crippen LogP contribution in [0, 0.1) is 5.82 Å². The van der Waals surface area contributed by atoms with E-state index in [0.717, 1.165) is 5.56 Å². The molecule has 26 heavy (non-hydrogen) atoms. The Morgan fingerprint density at radius 2 is 1.73 bits per heavy atom. The predicted molar refractivity (Wildman–Crippen MR) is 100 cm³/mol. The highest BCUT2D eigenvalue weighted by molar-refractivity contribution is 7.15. The molecule has 0 saturated carbocycles. The predicted octanol–water partition coefficient (Wildman–Crippen LogP) is 5.25. The largest absolute Gasteiger partial charge is 0.465 e. The van der Waals surface area contributed by atoms with Gasteiger partial charge >= 0.3 is 5.97 Å². The number of thiophene rings is 1. The Hall–Kier alpha value is -2.70. The topological polar surface area (TPSA) is 55.4 Å². The second kappa shape index (κ2) is 7.68. The van der Waals surface area contributed by atoms with Crippen molar-refractivity contribution in [2.75, 3.05) is 12.4 Å². The molecule has 0 aliphatic rings. The smallest absolute Gasteiger partial charge is 0.341 e. The minimum atomic E-state index is -0.564. The van der Waals surface area contributed by atoms with Crippen LogP contribution in [0.2, 0.25) is 5.02 Å². The van der Waals surface area contributed by atoms with Gasteiger partial charge in [-0.3, -0.25) is 4.79 Å². The molecule has 1 N–H and O–H groups in total. The molecule has 0 spiro atoms. The fourth-order valence-corrected chi connectivity index (χ4v) is 3.45. The van der Waals surface area contributed by atoms with E-state index in [-0.39, 0.29) is 11.1 Å². The monoisotopic (exact) mass is 389 g/mol. The summed E-state index contributed by atoms with van der Waals surface area (Å²) in [5, 5.41) is 5.39. The van der Waals surface area contributed by atoms with Gasteiger partial charge in [0.1, 0.15) is 16.4 Å². The summed E-state index contributed by atoms with van der Waals surface area (Å²) in [7, 11) is 1.28. The van der Waals surface area contributed by atoms with E-state index in [1.165, 1.54) is 42.7 Å². The number of carbonyl (C=O) groups is 2. The summed E-state index contributed by atoms with van der Waals surface area (Å²) in [4.78, 5) is 24.7. The van der Waals surface area contributed by atoms with Gasteiger partial charge in [-0.05, 0) is 42.0 Å². The van der Waals surface area contributed by atoms with E-state index in [1.54, 1.807) is 29.6 Å². The molecule has 0 fully saturated rings. The molecule has 1 aromatic heterocycles. The summed E-state index contributed by atoms with van der Waals surface area (Å²) < 4.78 is 17.9. The number of hydrogen-bond acceptors (Lipinski definition) is 4. The number of benzene rings is 2. The quantitative estimate of drug-likeness (QED) is 0.620. The molecule has 0 atom stereocenters. The van der Waals surface area contributed by atoms with Crippen molar-refractivity contribution in [2.24, 2.45) is 0 Å². The molecule has 1 heterocycles. The first kappa shape index (κ1) is 18.1. The number of amides is 1. The highest BCUT2D eigenvalue weighted by atomic mass is 35.5. The van der Waals surface area contributed by atoms with Gasteiger partial charge in [-0.25, -0.2) is 9.18 Å². The zero-order valence-electron chi connectivity index (χ0n) is 13.6. The van der Waals surface area contributed by atoms with Crippen molar-refractivity contribution in [3.63, 3.8) is 0 Å². The zero-order valence-corrected chi connectivity index (χ0v) is 15.2. The zero-order chi connectivity index (χ0) is 18.7. The maximum Gasteiger partial charge on any atom is 0.341 e. The lowest BCUT2D eigenvalue weighted by molar-refractivity contribution is 0.0603. The van der Waals surface area contributed by atoms with Crippen molar-refractivity contribution in [3.05, 3.63) is 75.9 Å². The average molecular weight is 390 g/mol. The third-order valence-electron chi connectivity index (χ3n) is 3.67. The molecule has 0 bridgehead atoms. The number of hydrogen-bond donors (Lipinski definition) is 1. The van der Waals surface area contributed by atoms with Crippen LogP contribution in [0.4, 0.5) is 9.39 Å². The summed E-state index contributed by atoms with van der Waals surface area (Å²) in [6.45, 7) is 0. The highest BCUT2D eigenvalue weighted by Crippen LogP contribution is 2.36. The lowest BCUT2D eigenvalue weighted by Crippen LogP contribution is -2.14. The van der Waals surface area contributed by atoms with E-state index in [1.807, 2.05) is 0 Å². The Balaban J connectivity index is 1.96. The van der Waals surface area contributed by atoms with E-state index in [0.29, 0.717) is 15.6 Å². The first-order valence-electron chi connectivity index (χ1n) is 7.52. The molecule has 1 amide bonds. The Bertz CT molecular complexity index is 952. The van der Waals surface area contributed by atoms with Gasteiger partial charge in [0, 0.05) is 21.5 Å². The molecule has 7 heteroatoms. The number of methoxy groups -OCH3 is 1. The third kappa shape index (κ3) is 3.76. The fourth-order valence-electron chi connectivity index (χ4n) is 2.37. The molecular formula is C19H13ClFNO3S. The van der Waals surface area contributed by atoms with E-state index in [4.69, 9.17) is 16.3 Å². The number of ether oxygens (including phenoxy) is 1. The highest BCUT2D eigenvalue weighted by Gasteiger charge is 2.22. The van der Waals surface area contributed by atoms with Crippen LogP contribution < -0.4 is 5.32 Å². The number of halogens is 2. The van der Waals surface area contributed by atoms with Gasteiger partial charge in [-0.1, -0.05) is 23.7 Å². The van der Waals surface area contributed by atoms with Crippen molar-refractivity contribution < 1.29 is 18.7 Å². The molecule has 0 aliphatic carbocycles. The van der Waals surface area contributed by atoms with Crippen molar-refractivity contribution >= 4 is 39.8 Å². The maximum atomic E-state index is 13.0. The summed E-state index contributed by atoms with van der Waals surface area (Å²) in [6, 6.07) is 12.1. The number of nitrogens with one attached hydrogen (secondary N) is 1.